The van der Waals surface area contributed by atoms with Gasteiger partial charge in [-0.25, -0.2) is 9.59 Å². The fourth-order valence-corrected chi connectivity index (χ4v) is 1.65. The first-order chi connectivity index (χ1) is 10.3. The summed E-state index contributed by atoms with van der Waals surface area (Å²) in [6, 6.07) is -1.32. The van der Waals surface area contributed by atoms with Crippen molar-refractivity contribution in [3.63, 3.8) is 0 Å². The number of ether oxygens (including phenoxy) is 3. The molecule has 0 fully saturated rings. The molecule has 1 amide bonds. The summed E-state index contributed by atoms with van der Waals surface area (Å²) >= 11 is 0. The van der Waals surface area contributed by atoms with Crippen LogP contribution in [0.15, 0.2) is 0 Å². The third-order valence-corrected chi connectivity index (χ3v) is 2.87. The Labute approximate surface area is 135 Å². The van der Waals surface area contributed by atoms with Crippen LogP contribution in [0.1, 0.15) is 28.6 Å². The highest BCUT2D eigenvalue weighted by molar-refractivity contribution is 7.85. The molecule has 0 aromatic rings. The van der Waals surface area contributed by atoms with Crippen LogP contribution in [0.25, 0.3) is 0 Å². The highest BCUT2D eigenvalue weighted by atomic mass is 32.2. The van der Waals surface area contributed by atoms with Gasteiger partial charge in [0.1, 0.15) is 12.2 Å². The molecule has 0 aromatic carbocycles. The summed E-state index contributed by atoms with van der Waals surface area (Å²) in [5, 5.41) is 2.17. The van der Waals surface area contributed by atoms with Crippen molar-refractivity contribution in [2.45, 2.75) is 38.8 Å². The largest absolute Gasteiger partial charge is 0.467 e. The number of methoxy groups -OCH3 is 1. The number of alkyl carbamates (subject to hydrolysis) is 1. The van der Waals surface area contributed by atoms with Crippen LogP contribution < -0.4 is 5.32 Å². The van der Waals surface area contributed by atoms with Gasteiger partial charge in [0, 0.05) is 1.43 Å². The Balaban J connectivity index is 0. The maximum Gasteiger partial charge on any atom is 0.408 e. The van der Waals surface area contributed by atoms with E-state index in [1.807, 2.05) is 0 Å². The maximum atomic E-state index is 11.6. The predicted octanol–water partition coefficient (Wildman–Crippen LogP) is 0.120. The van der Waals surface area contributed by atoms with E-state index in [4.69, 9.17) is 9.29 Å². The first-order valence-corrected chi connectivity index (χ1v) is 8.13. The lowest BCUT2D eigenvalue weighted by Crippen LogP contribution is -2.47. The Bertz CT molecular complexity index is 541. The quantitative estimate of drug-likeness (QED) is 0.368. The lowest BCUT2D eigenvalue weighted by molar-refractivity contribution is -0.150. The molecular formula is C12H23NO9S. The van der Waals surface area contributed by atoms with Gasteiger partial charge in [-0.05, 0) is 20.8 Å². The number of amides is 1. The fourth-order valence-electron chi connectivity index (χ4n) is 1.22. The van der Waals surface area contributed by atoms with Crippen molar-refractivity contribution < 1.29 is 43.0 Å². The van der Waals surface area contributed by atoms with Gasteiger partial charge in [-0.2, -0.15) is 8.42 Å². The molecule has 0 aliphatic carbocycles. The number of hydrogen-bond donors (Lipinski definition) is 2. The minimum atomic E-state index is -4.30. The summed E-state index contributed by atoms with van der Waals surface area (Å²) in [5.74, 6) is -2.66. The average Bonchev–Trinajstić information content (AvgIpc) is 2.37. The van der Waals surface area contributed by atoms with E-state index in [-0.39, 0.29) is 1.43 Å². The van der Waals surface area contributed by atoms with Crippen LogP contribution in [0.2, 0.25) is 0 Å². The van der Waals surface area contributed by atoms with Crippen molar-refractivity contribution in [2.24, 2.45) is 0 Å². The molecule has 0 heterocycles. The van der Waals surface area contributed by atoms with Crippen LogP contribution in [0.4, 0.5) is 4.79 Å². The Hall–Kier alpha value is -1.88. The van der Waals surface area contributed by atoms with Crippen LogP contribution in [-0.4, -0.2) is 62.1 Å². The van der Waals surface area contributed by atoms with Gasteiger partial charge in [-0.3, -0.25) is 9.35 Å². The minimum Gasteiger partial charge on any atom is -0.467 e. The van der Waals surface area contributed by atoms with E-state index >= 15 is 0 Å². The molecular weight excluding hydrogens is 334 g/mol. The number of esters is 2. The summed E-state index contributed by atoms with van der Waals surface area (Å²) in [6.07, 6.45) is -1.51. The zero-order valence-corrected chi connectivity index (χ0v) is 14.1. The van der Waals surface area contributed by atoms with Gasteiger partial charge < -0.3 is 19.5 Å². The molecule has 11 heteroatoms. The van der Waals surface area contributed by atoms with Gasteiger partial charge in [0.2, 0.25) is 0 Å². The molecule has 0 aliphatic heterocycles. The fraction of sp³-hybridized carbons (Fsp3) is 0.750. The molecule has 0 aromatic heterocycles. The number of nitrogens with one attached hydrogen (secondary N) is 1. The topological polar surface area (TPSA) is 145 Å². The highest BCUT2D eigenvalue weighted by Crippen LogP contribution is 2.07. The molecule has 0 bridgehead atoms. The molecule has 0 rings (SSSR count). The van der Waals surface area contributed by atoms with Crippen molar-refractivity contribution in [3.8, 4) is 0 Å². The zero-order chi connectivity index (χ0) is 18.3. The van der Waals surface area contributed by atoms with Gasteiger partial charge in [-0.1, -0.05) is 0 Å². The third-order valence-electron chi connectivity index (χ3n) is 2.15. The van der Waals surface area contributed by atoms with Crippen LogP contribution >= 0.6 is 0 Å². The van der Waals surface area contributed by atoms with E-state index in [1.54, 1.807) is 20.8 Å². The van der Waals surface area contributed by atoms with E-state index in [2.05, 4.69) is 14.8 Å². The van der Waals surface area contributed by atoms with Crippen LogP contribution in [0.3, 0.4) is 0 Å². The van der Waals surface area contributed by atoms with E-state index in [0.29, 0.717) is 0 Å². The minimum absolute atomic E-state index is 0. The standard InChI is InChI=1S/C12H21NO9S.H2/c1-12(2,3)22-11(16)13-8(10(15)20-4)7-21-9(14)5-6-23(17,18)19;/h8H,5-7H2,1-4H3,(H,13,16)(H,17,18,19);1H. The zero-order valence-electron chi connectivity index (χ0n) is 13.3. The number of carbonyl (C=O) groups is 3. The first kappa shape index (κ1) is 21.1. The van der Waals surface area contributed by atoms with Gasteiger partial charge >= 0.3 is 18.0 Å². The van der Waals surface area contributed by atoms with Crippen LogP contribution in [0, 0.1) is 0 Å². The first-order valence-electron chi connectivity index (χ1n) is 6.52. The van der Waals surface area contributed by atoms with Crippen molar-refractivity contribution in [2.75, 3.05) is 19.5 Å². The number of rotatable bonds is 7. The number of hydrogen-bond acceptors (Lipinski definition) is 8. The summed E-state index contributed by atoms with van der Waals surface area (Å²) in [4.78, 5) is 34.4. The molecule has 0 aliphatic rings. The highest BCUT2D eigenvalue weighted by Gasteiger charge is 2.26. The molecule has 2 N–H and O–H groups in total. The van der Waals surface area contributed by atoms with E-state index in [0.717, 1.165) is 7.11 Å². The molecule has 0 spiro atoms. The molecule has 0 saturated heterocycles. The second-order valence-corrected chi connectivity index (χ2v) is 7.01. The smallest absolute Gasteiger partial charge is 0.408 e. The van der Waals surface area contributed by atoms with E-state index in [1.165, 1.54) is 0 Å². The summed E-state index contributed by atoms with van der Waals surface area (Å²) < 4.78 is 43.6. The summed E-state index contributed by atoms with van der Waals surface area (Å²) in [5.41, 5.74) is -0.795. The van der Waals surface area contributed by atoms with Crippen LogP contribution in [0.5, 0.6) is 0 Å². The van der Waals surface area contributed by atoms with Crippen molar-refractivity contribution in [1.29, 1.82) is 0 Å². The normalized spacial score (nSPS) is 12.9. The molecule has 1 atom stereocenters. The molecule has 1 unspecified atom stereocenters. The second kappa shape index (κ2) is 8.67. The molecule has 10 nitrogen and oxygen atoms in total. The lowest BCUT2D eigenvalue weighted by Gasteiger charge is -2.22. The van der Waals surface area contributed by atoms with Gasteiger partial charge in [0.25, 0.3) is 10.1 Å². The van der Waals surface area contributed by atoms with Crippen LogP contribution in [-0.2, 0) is 33.9 Å². The van der Waals surface area contributed by atoms with Gasteiger partial charge in [0.15, 0.2) is 6.04 Å². The average molecular weight is 357 g/mol. The van der Waals surface area contributed by atoms with Crippen molar-refractivity contribution in [3.05, 3.63) is 0 Å². The molecule has 136 valence electrons. The molecule has 0 saturated carbocycles. The number of carbonyl (C=O) groups excluding carboxylic acids is 3. The van der Waals surface area contributed by atoms with E-state index in [9.17, 15) is 22.8 Å². The predicted molar refractivity (Wildman–Crippen MR) is 79.3 cm³/mol. The van der Waals surface area contributed by atoms with Crippen molar-refractivity contribution >= 4 is 28.1 Å². The lowest BCUT2D eigenvalue weighted by atomic mass is 10.2. The Morgan fingerprint density at radius 2 is 1.83 bits per heavy atom. The van der Waals surface area contributed by atoms with Gasteiger partial charge in [0.05, 0.1) is 19.3 Å². The van der Waals surface area contributed by atoms with E-state index < -0.39 is 58.6 Å². The Morgan fingerprint density at radius 3 is 2.26 bits per heavy atom. The van der Waals surface area contributed by atoms with Gasteiger partial charge in [-0.15, -0.1) is 0 Å². The SMILES string of the molecule is COC(=O)C(COC(=O)CCS(=O)(=O)O)NC(=O)OC(C)(C)C.[HH]. The summed E-state index contributed by atoms with van der Waals surface area (Å²) in [7, 11) is -3.22. The Kier molecular flexibility index (Phi) is 7.97. The molecule has 0 radical (unpaired) electrons. The van der Waals surface area contributed by atoms with Crippen molar-refractivity contribution in [1.82, 2.24) is 5.32 Å². The third kappa shape index (κ3) is 11.4. The second-order valence-electron chi connectivity index (χ2n) is 5.44. The Morgan fingerprint density at radius 1 is 1.26 bits per heavy atom. The summed E-state index contributed by atoms with van der Waals surface area (Å²) in [6.45, 7) is 4.29. The maximum absolute atomic E-state index is 11.6. The monoisotopic (exact) mass is 357 g/mol. The molecule has 23 heavy (non-hydrogen) atoms.